The highest BCUT2D eigenvalue weighted by Crippen LogP contribution is 2.58. The van der Waals surface area contributed by atoms with Crippen molar-refractivity contribution in [3.05, 3.63) is 203 Å². The Morgan fingerprint density at radius 1 is 0.353 bits per heavy atom. The highest BCUT2D eigenvalue weighted by molar-refractivity contribution is 5.92. The van der Waals surface area contributed by atoms with Crippen molar-refractivity contribution in [2.45, 2.75) is 5.41 Å². The summed E-state index contributed by atoms with van der Waals surface area (Å²) < 4.78 is 0. The van der Waals surface area contributed by atoms with Gasteiger partial charge in [0.05, 0.1) is 5.41 Å². The fourth-order valence-corrected chi connectivity index (χ4v) is 7.99. The molecule has 2 aromatic heterocycles. The van der Waals surface area contributed by atoms with E-state index in [9.17, 15) is 0 Å². The number of hydrogen-bond donors (Lipinski definition) is 0. The Bertz CT molecular complexity index is 2580. The molecule has 0 unspecified atom stereocenters. The van der Waals surface area contributed by atoms with E-state index in [1.165, 1.54) is 44.5 Å². The Labute approximate surface area is 296 Å². The largest absolute Gasteiger partial charge is 0.264 e. The smallest absolute Gasteiger partial charge is 0.164 e. The second-order valence-corrected chi connectivity index (χ2v) is 13.1. The van der Waals surface area contributed by atoms with Gasteiger partial charge >= 0.3 is 0 Å². The molecule has 2 aliphatic rings. The maximum Gasteiger partial charge on any atom is 0.164 e. The van der Waals surface area contributed by atoms with Crippen molar-refractivity contribution in [2.24, 2.45) is 0 Å². The van der Waals surface area contributed by atoms with Crippen LogP contribution in [0.4, 0.5) is 0 Å². The van der Waals surface area contributed by atoms with Crippen LogP contribution in [0.1, 0.15) is 33.4 Å². The van der Waals surface area contributed by atoms with Gasteiger partial charge in [0.2, 0.25) is 0 Å². The standard InChI is InChI=1S/C47H30N4/c1-2-13-34(14-3-1)44-49-45(35-24-20-31(21-25-35)37-15-10-28-48-30-37)51-46(50-44)36-26-27-39-38-16-6-9-19-42(38)47(43(39)29-36)40-17-7-4-11-32(40)22-23-33-12-5-8-18-41(33)47/h1-30H. The summed E-state index contributed by atoms with van der Waals surface area (Å²) in [6, 6.07) is 55.8. The van der Waals surface area contributed by atoms with E-state index < -0.39 is 5.41 Å². The zero-order chi connectivity index (χ0) is 33.8. The summed E-state index contributed by atoms with van der Waals surface area (Å²) in [5.41, 5.74) is 14.4. The first kappa shape index (κ1) is 29.2. The summed E-state index contributed by atoms with van der Waals surface area (Å²) in [6.07, 6.45) is 8.19. The quantitative estimate of drug-likeness (QED) is 0.190. The molecule has 0 saturated heterocycles. The number of fused-ring (bicyclic) bond motifs is 9. The molecule has 10 rings (SSSR count). The molecule has 4 heteroatoms. The molecule has 0 N–H and O–H groups in total. The van der Waals surface area contributed by atoms with Crippen molar-refractivity contribution in [2.75, 3.05) is 0 Å². The minimum Gasteiger partial charge on any atom is -0.264 e. The Hall–Kier alpha value is -6.78. The van der Waals surface area contributed by atoms with Crippen LogP contribution in [0.2, 0.25) is 0 Å². The van der Waals surface area contributed by atoms with E-state index in [0.717, 1.165) is 27.8 Å². The second-order valence-electron chi connectivity index (χ2n) is 13.1. The minimum atomic E-state index is -0.529. The fraction of sp³-hybridized carbons (Fsp3) is 0.0213. The van der Waals surface area contributed by atoms with Gasteiger partial charge in [0.15, 0.2) is 17.5 Å². The predicted octanol–water partition coefficient (Wildman–Crippen LogP) is 10.8. The first-order valence-electron chi connectivity index (χ1n) is 17.2. The molecule has 8 aromatic rings. The SMILES string of the molecule is C1=Cc2ccccc2C2(c3ccccc31)c1ccccc1-c1ccc(-c3nc(-c4ccccc4)nc(-c4ccc(-c5cccnc5)cc4)n3)cc12. The van der Waals surface area contributed by atoms with Gasteiger partial charge in [0.25, 0.3) is 0 Å². The van der Waals surface area contributed by atoms with Crippen LogP contribution < -0.4 is 0 Å². The summed E-state index contributed by atoms with van der Waals surface area (Å²) in [5, 5.41) is 0. The monoisotopic (exact) mass is 650 g/mol. The topological polar surface area (TPSA) is 51.6 Å². The zero-order valence-corrected chi connectivity index (χ0v) is 27.6. The molecular weight excluding hydrogens is 621 g/mol. The average Bonchev–Trinajstić information content (AvgIpc) is 3.41. The van der Waals surface area contributed by atoms with Gasteiger partial charge in [-0.05, 0) is 67.8 Å². The van der Waals surface area contributed by atoms with Crippen LogP contribution in [0.15, 0.2) is 170 Å². The number of hydrogen-bond acceptors (Lipinski definition) is 4. The van der Waals surface area contributed by atoms with Crippen LogP contribution in [-0.2, 0) is 5.41 Å². The summed E-state index contributed by atoms with van der Waals surface area (Å²) in [6.45, 7) is 0. The van der Waals surface area contributed by atoms with E-state index in [-0.39, 0.29) is 0 Å². The molecule has 0 bridgehead atoms. The third kappa shape index (κ3) is 4.61. The molecule has 6 aromatic carbocycles. The molecule has 0 saturated carbocycles. The van der Waals surface area contributed by atoms with E-state index >= 15 is 0 Å². The molecule has 0 fully saturated rings. The number of benzene rings is 6. The van der Waals surface area contributed by atoms with Crippen molar-refractivity contribution < 1.29 is 0 Å². The number of rotatable bonds is 4. The Morgan fingerprint density at radius 3 is 1.53 bits per heavy atom. The van der Waals surface area contributed by atoms with Gasteiger partial charge in [0, 0.05) is 29.1 Å². The van der Waals surface area contributed by atoms with Crippen molar-refractivity contribution >= 4 is 12.2 Å². The van der Waals surface area contributed by atoms with Gasteiger partial charge in [-0.15, -0.1) is 0 Å². The van der Waals surface area contributed by atoms with Gasteiger partial charge < -0.3 is 0 Å². The van der Waals surface area contributed by atoms with Gasteiger partial charge in [0.1, 0.15) is 0 Å². The van der Waals surface area contributed by atoms with Gasteiger partial charge in [-0.25, -0.2) is 15.0 Å². The van der Waals surface area contributed by atoms with Crippen LogP contribution in [0.3, 0.4) is 0 Å². The van der Waals surface area contributed by atoms with Crippen molar-refractivity contribution in [1.29, 1.82) is 0 Å². The lowest BCUT2D eigenvalue weighted by Gasteiger charge is -2.35. The fourth-order valence-electron chi connectivity index (χ4n) is 7.99. The highest BCUT2D eigenvalue weighted by Gasteiger charge is 2.48. The molecule has 2 heterocycles. The maximum atomic E-state index is 5.17. The summed E-state index contributed by atoms with van der Waals surface area (Å²) in [7, 11) is 0. The molecular formula is C47H30N4. The van der Waals surface area contributed by atoms with Gasteiger partial charge in [-0.3, -0.25) is 4.98 Å². The van der Waals surface area contributed by atoms with Crippen molar-refractivity contribution in [3.8, 4) is 56.4 Å². The second kappa shape index (κ2) is 11.7. The van der Waals surface area contributed by atoms with Crippen LogP contribution in [0.25, 0.3) is 68.6 Å². The summed E-state index contributed by atoms with van der Waals surface area (Å²) in [5.74, 6) is 1.90. The van der Waals surface area contributed by atoms with Crippen LogP contribution in [0.5, 0.6) is 0 Å². The van der Waals surface area contributed by atoms with Crippen LogP contribution in [0, 0.1) is 0 Å². The summed E-state index contributed by atoms with van der Waals surface area (Å²) in [4.78, 5) is 19.6. The number of nitrogens with zero attached hydrogens (tertiary/aromatic N) is 4. The third-order valence-corrected chi connectivity index (χ3v) is 10.3. The van der Waals surface area contributed by atoms with E-state index in [0.29, 0.717) is 17.5 Å². The lowest BCUT2D eigenvalue weighted by molar-refractivity contribution is 0.766. The van der Waals surface area contributed by atoms with Crippen molar-refractivity contribution in [3.63, 3.8) is 0 Å². The van der Waals surface area contributed by atoms with Gasteiger partial charge in [-0.1, -0.05) is 158 Å². The predicted molar refractivity (Wildman–Crippen MR) is 206 cm³/mol. The number of aromatic nitrogens is 4. The first-order chi connectivity index (χ1) is 25.3. The van der Waals surface area contributed by atoms with E-state index in [2.05, 4.69) is 151 Å². The normalized spacial score (nSPS) is 13.2. The Morgan fingerprint density at radius 2 is 0.863 bits per heavy atom. The molecule has 4 nitrogen and oxygen atoms in total. The van der Waals surface area contributed by atoms with E-state index in [4.69, 9.17) is 15.0 Å². The molecule has 1 spiro atoms. The first-order valence-corrected chi connectivity index (χ1v) is 17.2. The van der Waals surface area contributed by atoms with Crippen LogP contribution in [-0.4, -0.2) is 19.9 Å². The third-order valence-electron chi connectivity index (χ3n) is 10.3. The van der Waals surface area contributed by atoms with Gasteiger partial charge in [-0.2, -0.15) is 0 Å². The zero-order valence-electron chi connectivity index (χ0n) is 27.6. The number of pyridine rings is 1. The van der Waals surface area contributed by atoms with E-state index in [1.54, 1.807) is 6.20 Å². The Balaban J connectivity index is 1.20. The average molecular weight is 651 g/mol. The molecule has 2 aliphatic carbocycles. The highest BCUT2D eigenvalue weighted by atomic mass is 15.0. The molecule has 0 amide bonds. The molecule has 51 heavy (non-hydrogen) atoms. The summed E-state index contributed by atoms with van der Waals surface area (Å²) >= 11 is 0. The molecule has 0 aliphatic heterocycles. The molecule has 0 atom stereocenters. The Kier molecular flexibility index (Phi) is 6.68. The van der Waals surface area contributed by atoms with Crippen LogP contribution >= 0.6 is 0 Å². The maximum absolute atomic E-state index is 5.17. The lowest BCUT2D eigenvalue weighted by atomic mass is 9.66. The van der Waals surface area contributed by atoms with E-state index in [1.807, 2.05) is 30.5 Å². The lowest BCUT2D eigenvalue weighted by Crippen LogP contribution is -2.30. The van der Waals surface area contributed by atoms with Crippen molar-refractivity contribution in [1.82, 2.24) is 19.9 Å². The molecule has 0 radical (unpaired) electrons. The minimum absolute atomic E-state index is 0.529. The molecule has 238 valence electrons.